The predicted octanol–water partition coefficient (Wildman–Crippen LogP) is 0.862. The van der Waals surface area contributed by atoms with E-state index in [1.165, 1.54) is 30.3 Å². The Balaban J connectivity index is 2.77. The molecule has 0 atom stereocenters. The van der Waals surface area contributed by atoms with Crippen LogP contribution in [0.25, 0.3) is 0 Å². The van der Waals surface area contributed by atoms with Crippen LogP contribution >= 0.6 is 11.6 Å². The number of nitrogens with two attached hydrogens (primary N) is 1. The quantitative estimate of drug-likeness (QED) is 0.488. The van der Waals surface area contributed by atoms with Gasteiger partial charge in [0.05, 0.1) is 5.56 Å². The van der Waals surface area contributed by atoms with Crippen molar-refractivity contribution in [2.24, 2.45) is 10.9 Å². The van der Waals surface area contributed by atoms with Gasteiger partial charge in [-0.05, 0) is 24.3 Å². The third-order valence-electron chi connectivity index (χ3n) is 1.64. The Morgan fingerprint density at radius 3 is 2.41 bits per heavy atom. The molecular weight excluding hydrogens is 246 g/mol. The van der Waals surface area contributed by atoms with Crippen LogP contribution < -0.4 is 5.73 Å². The summed E-state index contributed by atoms with van der Waals surface area (Å²) in [5, 5.41) is 11.9. The van der Waals surface area contributed by atoms with Gasteiger partial charge >= 0.3 is 5.97 Å². The number of hydrogen-bond acceptors (Lipinski definition) is 5. The summed E-state index contributed by atoms with van der Waals surface area (Å²) >= 11 is 5.62. The van der Waals surface area contributed by atoms with Crippen molar-refractivity contribution in [2.45, 2.75) is 0 Å². The van der Waals surface area contributed by atoms with Gasteiger partial charge in [0, 0.05) is 5.02 Å². The highest BCUT2D eigenvalue weighted by atomic mass is 35.5. The third kappa shape index (κ3) is 3.59. The molecule has 2 N–H and O–H groups in total. The molecule has 6 nitrogen and oxygen atoms in total. The minimum absolute atomic E-state index is 0.180. The minimum atomic E-state index is -1.07. The second kappa shape index (κ2) is 5.63. The van der Waals surface area contributed by atoms with Crippen LogP contribution in [-0.4, -0.2) is 17.6 Å². The molecule has 0 aliphatic heterocycles. The summed E-state index contributed by atoms with van der Waals surface area (Å²) in [6.45, 7) is 0. The van der Waals surface area contributed by atoms with E-state index in [-0.39, 0.29) is 5.56 Å². The molecule has 0 aliphatic rings. The average Bonchev–Trinajstić information content (AvgIpc) is 2.30. The second-order valence-electron chi connectivity index (χ2n) is 2.80. The molecule has 1 aromatic rings. The molecule has 0 bridgehead atoms. The van der Waals surface area contributed by atoms with Crippen molar-refractivity contribution in [2.75, 3.05) is 0 Å². The predicted molar refractivity (Wildman–Crippen MR) is 59.1 cm³/mol. The molecule has 0 radical (unpaired) electrons. The molecule has 86 valence electrons. The molecule has 0 fully saturated rings. The first-order valence-corrected chi connectivity index (χ1v) is 4.67. The lowest BCUT2D eigenvalue weighted by molar-refractivity contribution is -0.112. The third-order valence-corrected chi connectivity index (χ3v) is 1.89. The highest BCUT2D eigenvalue weighted by molar-refractivity contribution is 6.44. The Labute approximate surface area is 101 Å². The number of carbonyl (C=O) groups is 2. The van der Waals surface area contributed by atoms with Gasteiger partial charge in [-0.15, -0.1) is 0 Å². The van der Waals surface area contributed by atoms with E-state index < -0.39 is 17.6 Å². The Hall–Kier alpha value is -2.39. The largest absolute Gasteiger partial charge is 0.365 e. The Kier molecular flexibility index (Phi) is 4.20. The van der Waals surface area contributed by atoms with E-state index in [9.17, 15) is 9.59 Å². The molecule has 0 aromatic heterocycles. The van der Waals surface area contributed by atoms with Gasteiger partial charge in [0.2, 0.25) is 5.71 Å². The molecule has 0 saturated carbocycles. The summed E-state index contributed by atoms with van der Waals surface area (Å²) in [7, 11) is 0. The molecule has 0 saturated heterocycles. The number of amides is 1. The summed E-state index contributed by atoms with van der Waals surface area (Å²) in [5.74, 6) is -1.90. The summed E-state index contributed by atoms with van der Waals surface area (Å²) in [6, 6.07) is 7.20. The van der Waals surface area contributed by atoms with Crippen LogP contribution in [-0.2, 0) is 9.63 Å². The number of benzene rings is 1. The lowest BCUT2D eigenvalue weighted by atomic mass is 10.2. The van der Waals surface area contributed by atoms with Crippen molar-refractivity contribution in [1.29, 1.82) is 5.26 Å². The van der Waals surface area contributed by atoms with E-state index >= 15 is 0 Å². The van der Waals surface area contributed by atoms with Gasteiger partial charge in [-0.2, -0.15) is 5.26 Å². The summed E-state index contributed by atoms with van der Waals surface area (Å²) in [6.07, 6.45) is 0. The van der Waals surface area contributed by atoms with Gasteiger partial charge in [0.25, 0.3) is 5.91 Å². The van der Waals surface area contributed by atoms with Crippen LogP contribution in [0.3, 0.4) is 0 Å². The van der Waals surface area contributed by atoms with Crippen LogP contribution in [0.4, 0.5) is 0 Å². The van der Waals surface area contributed by atoms with E-state index in [2.05, 4.69) is 9.99 Å². The minimum Gasteiger partial charge on any atom is -0.364 e. The molecular formula is C10H6ClN3O3. The van der Waals surface area contributed by atoms with Crippen molar-refractivity contribution in [1.82, 2.24) is 0 Å². The summed E-state index contributed by atoms with van der Waals surface area (Å²) in [4.78, 5) is 26.3. The standard InChI is InChI=1S/C10H6ClN3O3/c11-7-3-1-6(2-4-7)10(16)17-14-8(5-12)9(13)15/h1-4H,(H2,13,15). The van der Waals surface area contributed by atoms with Crippen molar-refractivity contribution >= 4 is 29.2 Å². The molecule has 0 aliphatic carbocycles. The van der Waals surface area contributed by atoms with Gasteiger partial charge in [-0.3, -0.25) is 4.79 Å². The van der Waals surface area contributed by atoms with Crippen LogP contribution in [0, 0.1) is 11.3 Å². The van der Waals surface area contributed by atoms with Crippen LogP contribution in [0.2, 0.25) is 5.02 Å². The molecule has 1 rings (SSSR count). The number of carbonyl (C=O) groups excluding carboxylic acids is 2. The fraction of sp³-hybridized carbons (Fsp3) is 0. The molecule has 7 heteroatoms. The van der Waals surface area contributed by atoms with Gasteiger partial charge in [-0.25, -0.2) is 4.79 Å². The topological polar surface area (TPSA) is 106 Å². The molecule has 0 unspecified atom stereocenters. The molecule has 1 aromatic carbocycles. The van der Waals surface area contributed by atoms with Crippen molar-refractivity contribution in [3.8, 4) is 6.07 Å². The molecule has 0 spiro atoms. The zero-order chi connectivity index (χ0) is 12.8. The van der Waals surface area contributed by atoms with E-state index in [0.29, 0.717) is 5.02 Å². The number of primary amides is 1. The highest BCUT2D eigenvalue weighted by Crippen LogP contribution is 2.10. The summed E-state index contributed by atoms with van der Waals surface area (Å²) < 4.78 is 0. The lowest BCUT2D eigenvalue weighted by Gasteiger charge is -1.97. The van der Waals surface area contributed by atoms with Crippen molar-refractivity contribution in [3.05, 3.63) is 34.9 Å². The van der Waals surface area contributed by atoms with E-state index in [1.54, 1.807) is 0 Å². The number of halogens is 1. The maximum absolute atomic E-state index is 11.4. The molecule has 0 heterocycles. The number of oxime groups is 1. The number of hydrogen-bond donors (Lipinski definition) is 1. The van der Waals surface area contributed by atoms with Crippen LogP contribution in [0.1, 0.15) is 10.4 Å². The molecule has 1 amide bonds. The fourth-order valence-electron chi connectivity index (χ4n) is 0.846. The number of rotatable bonds is 3. The van der Waals surface area contributed by atoms with Crippen molar-refractivity contribution in [3.63, 3.8) is 0 Å². The lowest BCUT2D eigenvalue weighted by Crippen LogP contribution is -2.22. The van der Waals surface area contributed by atoms with Gasteiger partial charge in [-0.1, -0.05) is 16.8 Å². The van der Waals surface area contributed by atoms with Gasteiger partial charge < -0.3 is 10.6 Å². The van der Waals surface area contributed by atoms with Crippen molar-refractivity contribution < 1.29 is 14.4 Å². The van der Waals surface area contributed by atoms with Crippen LogP contribution in [0.5, 0.6) is 0 Å². The van der Waals surface area contributed by atoms with Crippen LogP contribution in [0.15, 0.2) is 29.4 Å². The molecule has 17 heavy (non-hydrogen) atoms. The van der Waals surface area contributed by atoms with E-state index in [0.717, 1.165) is 0 Å². The van der Waals surface area contributed by atoms with Gasteiger partial charge in [0.15, 0.2) is 0 Å². The first-order chi connectivity index (χ1) is 8.04. The maximum Gasteiger partial charge on any atom is 0.365 e. The number of nitriles is 1. The first-order valence-electron chi connectivity index (χ1n) is 4.29. The second-order valence-corrected chi connectivity index (χ2v) is 3.24. The fourth-order valence-corrected chi connectivity index (χ4v) is 0.972. The zero-order valence-electron chi connectivity index (χ0n) is 8.38. The maximum atomic E-state index is 11.4. The normalized spacial score (nSPS) is 10.5. The Morgan fingerprint density at radius 2 is 1.94 bits per heavy atom. The van der Waals surface area contributed by atoms with Gasteiger partial charge in [0.1, 0.15) is 6.07 Å². The number of nitrogens with zero attached hydrogens (tertiary/aromatic N) is 2. The van der Waals surface area contributed by atoms with E-state index in [4.69, 9.17) is 22.6 Å². The highest BCUT2D eigenvalue weighted by Gasteiger charge is 2.10. The SMILES string of the molecule is N#CC(=NOC(=O)c1ccc(Cl)cc1)C(N)=O. The summed E-state index contributed by atoms with van der Waals surface area (Å²) in [5.41, 5.74) is 4.28. The average molecular weight is 252 g/mol. The monoisotopic (exact) mass is 251 g/mol. The first kappa shape index (κ1) is 12.7. The smallest absolute Gasteiger partial charge is 0.364 e. The van der Waals surface area contributed by atoms with E-state index in [1.807, 2.05) is 0 Å². The Morgan fingerprint density at radius 1 is 1.35 bits per heavy atom. The Bertz CT molecular complexity index is 517. The zero-order valence-corrected chi connectivity index (χ0v) is 9.14.